The largest absolute Gasteiger partial charge is 0.399 e. The van der Waals surface area contributed by atoms with Gasteiger partial charge in [-0.3, -0.25) is 0 Å². The number of nitrogen functional groups attached to an aromatic ring is 1. The minimum Gasteiger partial charge on any atom is -0.399 e. The Hall–Kier alpha value is -1.16. The van der Waals surface area contributed by atoms with Gasteiger partial charge in [-0.15, -0.1) is 0 Å². The first-order chi connectivity index (χ1) is 9.22. The molecule has 1 aromatic carbocycles. The molecule has 0 aliphatic heterocycles. The molecule has 3 rings (SSSR count). The minimum atomic E-state index is 0.396. The number of nitrogens with zero attached hydrogens (tertiary/aromatic N) is 2. The Balaban J connectivity index is 1.91. The van der Waals surface area contributed by atoms with E-state index in [0.717, 1.165) is 17.7 Å². The van der Waals surface area contributed by atoms with Gasteiger partial charge in [-0.25, -0.2) is 4.98 Å². The van der Waals surface area contributed by atoms with Crippen molar-refractivity contribution in [3.05, 3.63) is 24.5 Å². The lowest BCUT2D eigenvalue weighted by atomic mass is 9.88. The van der Waals surface area contributed by atoms with E-state index in [4.69, 9.17) is 5.73 Å². The van der Waals surface area contributed by atoms with Crippen molar-refractivity contribution >= 4 is 28.5 Å². The van der Waals surface area contributed by atoms with Crippen molar-refractivity contribution in [3.8, 4) is 0 Å². The van der Waals surface area contributed by atoms with Crippen LogP contribution in [0.1, 0.15) is 32.1 Å². The zero-order valence-corrected chi connectivity index (χ0v) is 12.2. The zero-order valence-electron chi connectivity index (χ0n) is 11.4. The lowest BCUT2D eigenvalue weighted by Gasteiger charge is -2.36. The Morgan fingerprint density at radius 2 is 2.11 bits per heavy atom. The molecule has 1 fully saturated rings. The molecule has 1 aliphatic carbocycles. The number of benzene rings is 1. The summed E-state index contributed by atoms with van der Waals surface area (Å²) in [7, 11) is 0. The molecule has 0 atom stereocenters. The molecule has 1 aliphatic rings. The molecule has 0 radical (unpaired) electrons. The third-order valence-electron chi connectivity index (χ3n) is 4.30. The Morgan fingerprint density at radius 3 is 2.84 bits per heavy atom. The predicted molar refractivity (Wildman–Crippen MR) is 83.5 cm³/mol. The number of anilines is 1. The fraction of sp³-hybridized carbons (Fsp3) is 0.533. The average molecular weight is 275 g/mol. The summed E-state index contributed by atoms with van der Waals surface area (Å²) in [5.41, 5.74) is 8.81. The third kappa shape index (κ3) is 2.46. The van der Waals surface area contributed by atoms with E-state index in [9.17, 15) is 0 Å². The van der Waals surface area contributed by atoms with E-state index in [2.05, 4.69) is 21.9 Å². The molecule has 1 saturated carbocycles. The number of imidazole rings is 1. The molecule has 0 unspecified atom stereocenters. The number of hydrogen-bond acceptors (Lipinski definition) is 3. The molecule has 2 N–H and O–H groups in total. The summed E-state index contributed by atoms with van der Waals surface area (Å²) >= 11 is 2.03. The quantitative estimate of drug-likeness (QED) is 0.869. The van der Waals surface area contributed by atoms with E-state index in [-0.39, 0.29) is 0 Å². The standard InChI is InChI=1S/C15H21N3S/c1-19-15(7-3-2-4-8-15)10-18-11-17-13-9-12(16)5-6-14(13)18/h5-6,9,11H,2-4,7-8,10,16H2,1H3. The lowest BCUT2D eigenvalue weighted by molar-refractivity contribution is 0.361. The van der Waals surface area contributed by atoms with Gasteiger partial charge in [0, 0.05) is 17.0 Å². The molecule has 4 heteroatoms. The normalized spacial score (nSPS) is 18.8. The van der Waals surface area contributed by atoms with Crippen molar-refractivity contribution in [2.45, 2.75) is 43.4 Å². The number of thioether (sulfide) groups is 1. The molecule has 0 spiro atoms. The monoisotopic (exact) mass is 275 g/mol. The number of nitrogens with two attached hydrogens (primary N) is 1. The van der Waals surface area contributed by atoms with Crippen molar-refractivity contribution in [1.82, 2.24) is 9.55 Å². The summed E-state index contributed by atoms with van der Waals surface area (Å²) in [6.07, 6.45) is 11.0. The minimum absolute atomic E-state index is 0.396. The van der Waals surface area contributed by atoms with Gasteiger partial charge < -0.3 is 10.3 Å². The highest BCUT2D eigenvalue weighted by Crippen LogP contribution is 2.40. The number of rotatable bonds is 3. The molecular formula is C15H21N3S. The Morgan fingerprint density at radius 1 is 1.32 bits per heavy atom. The smallest absolute Gasteiger partial charge is 0.0958 e. The van der Waals surface area contributed by atoms with Crippen LogP contribution in [0.15, 0.2) is 24.5 Å². The van der Waals surface area contributed by atoms with E-state index < -0.39 is 0 Å². The highest BCUT2D eigenvalue weighted by molar-refractivity contribution is 8.00. The van der Waals surface area contributed by atoms with Gasteiger partial charge in [0.25, 0.3) is 0 Å². The van der Waals surface area contributed by atoms with E-state index in [0.29, 0.717) is 4.75 Å². The summed E-state index contributed by atoms with van der Waals surface area (Å²) in [5, 5.41) is 0. The van der Waals surface area contributed by atoms with Crippen molar-refractivity contribution in [2.75, 3.05) is 12.0 Å². The van der Waals surface area contributed by atoms with Crippen molar-refractivity contribution < 1.29 is 0 Å². The first-order valence-electron chi connectivity index (χ1n) is 6.98. The zero-order chi connectivity index (χ0) is 13.3. The second kappa shape index (κ2) is 5.08. The van der Waals surface area contributed by atoms with Gasteiger partial charge in [0.05, 0.1) is 17.4 Å². The van der Waals surface area contributed by atoms with Crippen LogP contribution >= 0.6 is 11.8 Å². The fourth-order valence-electron chi connectivity index (χ4n) is 3.14. The highest BCUT2D eigenvalue weighted by atomic mass is 32.2. The molecule has 1 aromatic heterocycles. The lowest BCUT2D eigenvalue weighted by Crippen LogP contribution is -2.32. The summed E-state index contributed by atoms with van der Waals surface area (Å²) in [4.78, 5) is 4.48. The molecular weight excluding hydrogens is 254 g/mol. The van der Waals surface area contributed by atoms with Gasteiger partial charge in [-0.05, 0) is 37.3 Å². The SMILES string of the molecule is CSC1(Cn2cnc3cc(N)ccc32)CCCCC1. The van der Waals surface area contributed by atoms with Crippen LogP contribution in [0.5, 0.6) is 0 Å². The number of fused-ring (bicyclic) bond motifs is 1. The fourth-order valence-corrected chi connectivity index (χ4v) is 4.11. The molecule has 0 saturated heterocycles. The highest BCUT2D eigenvalue weighted by Gasteiger charge is 2.31. The molecule has 0 bridgehead atoms. The van der Waals surface area contributed by atoms with E-state index in [1.807, 2.05) is 30.2 Å². The summed E-state index contributed by atoms with van der Waals surface area (Å²) in [6.45, 7) is 1.06. The van der Waals surface area contributed by atoms with E-state index >= 15 is 0 Å². The van der Waals surface area contributed by atoms with Gasteiger partial charge in [0.2, 0.25) is 0 Å². The summed E-state index contributed by atoms with van der Waals surface area (Å²) < 4.78 is 2.70. The van der Waals surface area contributed by atoms with E-state index in [1.54, 1.807) is 0 Å². The number of aromatic nitrogens is 2. The molecule has 102 valence electrons. The van der Waals surface area contributed by atoms with Crippen molar-refractivity contribution in [3.63, 3.8) is 0 Å². The molecule has 2 aromatic rings. The van der Waals surface area contributed by atoms with Crippen LogP contribution in [0, 0.1) is 0 Å². The van der Waals surface area contributed by atoms with Gasteiger partial charge >= 0.3 is 0 Å². The van der Waals surface area contributed by atoms with Crippen LogP contribution < -0.4 is 5.73 Å². The summed E-state index contributed by atoms with van der Waals surface area (Å²) in [6, 6.07) is 6.01. The number of hydrogen-bond donors (Lipinski definition) is 1. The van der Waals surface area contributed by atoms with Gasteiger partial charge in [0.1, 0.15) is 0 Å². The second-order valence-electron chi connectivity index (χ2n) is 5.57. The molecule has 0 amide bonds. The van der Waals surface area contributed by atoms with Crippen LogP contribution in [0.4, 0.5) is 5.69 Å². The van der Waals surface area contributed by atoms with Gasteiger partial charge in [-0.2, -0.15) is 11.8 Å². The Bertz CT molecular complexity index is 570. The van der Waals surface area contributed by atoms with Crippen molar-refractivity contribution in [1.29, 1.82) is 0 Å². The van der Waals surface area contributed by atoms with Crippen LogP contribution in [-0.2, 0) is 6.54 Å². The maximum Gasteiger partial charge on any atom is 0.0958 e. The third-order valence-corrected chi connectivity index (χ3v) is 5.70. The Labute approximate surface area is 118 Å². The van der Waals surface area contributed by atoms with Gasteiger partial charge in [-0.1, -0.05) is 19.3 Å². The second-order valence-corrected chi connectivity index (χ2v) is 6.84. The first kappa shape index (κ1) is 12.9. The molecule has 3 nitrogen and oxygen atoms in total. The molecule has 19 heavy (non-hydrogen) atoms. The average Bonchev–Trinajstić information content (AvgIpc) is 2.82. The first-order valence-corrected chi connectivity index (χ1v) is 8.20. The summed E-state index contributed by atoms with van der Waals surface area (Å²) in [5.74, 6) is 0. The van der Waals surface area contributed by atoms with Gasteiger partial charge in [0.15, 0.2) is 0 Å². The van der Waals surface area contributed by atoms with Crippen LogP contribution in [0.2, 0.25) is 0 Å². The van der Waals surface area contributed by atoms with Crippen molar-refractivity contribution in [2.24, 2.45) is 0 Å². The van der Waals surface area contributed by atoms with E-state index in [1.165, 1.54) is 37.6 Å². The van der Waals surface area contributed by atoms with Crippen LogP contribution in [0.25, 0.3) is 11.0 Å². The predicted octanol–water partition coefficient (Wildman–Crippen LogP) is 3.68. The van der Waals surface area contributed by atoms with Crippen LogP contribution in [-0.4, -0.2) is 20.6 Å². The molecule has 1 heterocycles. The topological polar surface area (TPSA) is 43.8 Å². The maximum atomic E-state index is 5.82. The van der Waals surface area contributed by atoms with Crippen LogP contribution in [0.3, 0.4) is 0 Å². The maximum absolute atomic E-state index is 5.82. The Kier molecular flexibility index (Phi) is 3.44.